The summed E-state index contributed by atoms with van der Waals surface area (Å²) < 4.78 is 20.8. The molecule has 0 bridgehead atoms. The van der Waals surface area contributed by atoms with E-state index in [-0.39, 0.29) is 5.82 Å². The first-order valence-electron chi connectivity index (χ1n) is 11.3. The molecular weight excluding hydrogens is 447 g/mol. The van der Waals surface area contributed by atoms with Crippen LogP contribution >= 0.6 is 11.3 Å². The van der Waals surface area contributed by atoms with Crippen molar-refractivity contribution in [3.05, 3.63) is 70.4 Å². The van der Waals surface area contributed by atoms with E-state index in [9.17, 15) is 4.39 Å². The van der Waals surface area contributed by atoms with Gasteiger partial charge in [0.05, 0.1) is 22.8 Å². The molecule has 5 nitrogen and oxygen atoms in total. The molecule has 7 heteroatoms. The molecule has 0 saturated carbocycles. The van der Waals surface area contributed by atoms with Crippen LogP contribution in [0.2, 0.25) is 0 Å². The Morgan fingerprint density at radius 2 is 1.79 bits per heavy atom. The number of aryl methyl sites for hydroxylation is 4. The number of ether oxygens (including phenoxy) is 1. The van der Waals surface area contributed by atoms with Crippen LogP contribution in [-0.2, 0) is 6.42 Å². The third kappa shape index (κ3) is 3.80. The minimum atomic E-state index is -0.212. The van der Waals surface area contributed by atoms with Crippen LogP contribution in [0.3, 0.4) is 0 Å². The number of hydrogen-bond donors (Lipinski definition) is 2. The lowest BCUT2D eigenvalue weighted by Gasteiger charge is -2.10. The zero-order valence-electron chi connectivity index (χ0n) is 20.0. The number of aromatic nitrogens is 3. The Morgan fingerprint density at radius 1 is 1.03 bits per heavy atom. The fourth-order valence-corrected chi connectivity index (χ4v) is 5.86. The second kappa shape index (κ2) is 8.72. The van der Waals surface area contributed by atoms with Gasteiger partial charge in [0.2, 0.25) is 0 Å². The van der Waals surface area contributed by atoms with Gasteiger partial charge in [0.15, 0.2) is 0 Å². The number of hydrogen-bond acceptors (Lipinski definition) is 5. The highest BCUT2D eigenvalue weighted by Gasteiger charge is 2.15. The largest absolute Gasteiger partial charge is 0.496 e. The van der Waals surface area contributed by atoms with Crippen LogP contribution in [-0.4, -0.2) is 28.6 Å². The molecule has 0 aliphatic carbocycles. The Kier molecular flexibility index (Phi) is 5.73. The van der Waals surface area contributed by atoms with E-state index < -0.39 is 0 Å². The lowest BCUT2D eigenvalue weighted by Crippen LogP contribution is -2.07. The van der Waals surface area contributed by atoms with E-state index >= 15 is 0 Å². The Balaban J connectivity index is 1.42. The Labute approximate surface area is 202 Å². The van der Waals surface area contributed by atoms with Crippen molar-refractivity contribution in [3.8, 4) is 16.2 Å². The van der Waals surface area contributed by atoms with Gasteiger partial charge in [0.1, 0.15) is 23.7 Å². The van der Waals surface area contributed by atoms with Crippen molar-refractivity contribution in [2.75, 3.05) is 19.0 Å². The summed E-state index contributed by atoms with van der Waals surface area (Å²) in [4.78, 5) is 13.4. The molecule has 0 amide bonds. The van der Waals surface area contributed by atoms with Crippen LogP contribution in [0.1, 0.15) is 27.9 Å². The summed E-state index contributed by atoms with van der Waals surface area (Å²) >= 11 is 1.68. The standard InChI is InChI=1S/C27H27FN4OS/c1-14-6-7-20(28)24-23(14)19(17(4)32-24)8-9-29-27-26-21(30-13-31-27)12-22(34-26)18-10-15(2)25(33-5)16(3)11-18/h6-7,10-13,32H,8-9H2,1-5H3,(H,29,30,31). The van der Waals surface area contributed by atoms with Crippen molar-refractivity contribution >= 4 is 38.3 Å². The van der Waals surface area contributed by atoms with E-state index in [0.717, 1.165) is 72.0 Å². The van der Waals surface area contributed by atoms with E-state index in [2.05, 4.69) is 52.3 Å². The topological polar surface area (TPSA) is 62.8 Å². The number of aromatic amines is 1. The Bertz CT molecular complexity index is 1510. The third-order valence-electron chi connectivity index (χ3n) is 6.36. The Hall–Kier alpha value is -3.45. The first-order chi connectivity index (χ1) is 16.4. The van der Waals surface area contributed by atoms with Crippen LogP contribution in [0.4, 0.5) is 10.2 Å². The summed E-state index contributed by atoms with van der Waals surface area (Å²) in [5, 5.41) is 4.47. The molecule has 34 heavy (non-hydrogen) atoms. The maximum Gasteiger partial charge on any atom is 0.147 e. The number of halogens is 1. The van der Waals surface area contributed by atoms with Gasteiger partial charge in [-0.15, -0.1) is 11.3 Å². The molecule has 0 radical (unpaired) electrons. The monoisotopic (exact) mass is 474 g/mol. The smallest absolute Gasteiger partial charge is 0.147 e. The molecule has 0 aliphatic rings. The van der Waals surface area contributed by atoms with E-state index in [0.29, 0.717) is 12.1 Å². The number of nitrogens with one attached hydrogen (secondary N) is 2. The molecule has 174 valence electrons. The van der Waals surface area contributed by atoms with Crippen molar-refractivity contribution in [2.45, 2.75) is 34.1 Å². The minimum absolute atomic E-state index is 0.212. The molecule has 0 atom stereocenters. The highest BCUT2D eigenvalue weighted by molar-refractivity contribution is 7.22. The van der Waals surface area contributed by atoms with Gasteiger partial charge < -0.3 is 15.0 Å². The first kappa shape index (κ1) is 22.3. The molecule has 3 aromatic heterocycles. The van der Waals surface area contributed by atoms with Crippen LogP contribution < -0.4 is 10.1 Å². The average molecular weight is 475 g/mol. The number of anilines is 1. The van der Waals surface area contributed by atoms with Gasteiger partial charge in [-0.1, -0.05) is 6.07 Å². The quantitative estimate of drug-likeness (QED) is 0.282. The average Bonchev–Trinajstić information content (AvgIpc) is 3.39. The van der Waals surface area contributed by atoms with Crippen molar-refractivity contribution in [2.24, 2.45) is 0 Å². The lowest BCUT2D eigenvalue weighted by atomic mass is 10.0. The number of H-pyrrole nitrogens is 1. The first-order valence-corrected chi connectivity index (χ1v) is 12.1. The fraction of sp³-hybridized carbons (Fsp3) is 0.259. The molecule has 2 N–H and O–H groups in total. The summed E-state index contributed by atoms with van der Waals surface area (Å²) in [5.74, 6) is 1.54. The SMILES string of the molecule is COc1c(C)cc(-c2cc3ncnc(NCCc4c(C)[nH]c5c(F)ccc(C)c45)c3s2)cc1C. The molecule has 0 unspecified atom stereocenters. The van der Waals surface area contributed by atoms with Crippen molar-refractivity contribution in [1.29, 1.82) is 0 Å². The molecule has 5 rings (SSSR count). The third-order valence-corrected chi connectivity index (χ3v) is 7.54. The molecular formula is C27H27FN4OS. The summed E-state index contributed by atoms with van der Waals surface area (Å²) in [6.45, 7) is 8.84. The second-order valence-electron chi connectivity index (χ2n) is 8.71. The summed E-state index contributed by atoms with van der Waals surface area (Å²) in [6.07, 6.45) is 2.36. The normalized spacial score (nSPS) is 11.5. The summed E-state index contributed by atoms with van der Waals surface area (Å²) in [6, 6.07) is 9.78. The van der Waals surface area contributed by atoms with Gasteiger partial charge in [0, 0.05) is 22.5 Å². The molecule has 0 spiro atoms. The number of fused-ring (bicyclic) bond motifs is 2. The molecule has 0 aliphatic heterocycles. The molecule has 3 heterocycles. The molecule has 0 fully saturated rings. The lowest BCUT2D eigenvalue weighted by molar-refractivity contribution is 0.408. The minimum Gasteiger partial charge on any atom is -0.496 e. The maximum atomic E-state index is 14.3. The van der Waals surface area contributed by atoms with E-state index in [1.54, 1.807) is 24.8 Å². The second-order valence-corrected chi connectivity index (χ2v) is 9.76. The van der Waals surface area contributed by atoms with E-state index in [1.165, 1.54) is 6.07 Å². The van der Waals surface area contributed by atoms with Gasteiger partial charge in [-0.25, -0.2) is 14.4 Å². The molecule has 5 aromatic rings. The van der Waals surface area contributed by atoms with Crippen molar-refractivity contribution in [3.63, 3.8) is 0 Å². The summed E-state index contributed by atoms with van der Waals surface area (Å²) in [5.41, 5.74) is 8.10. The Morgan fingerprint density at radius 3 is 2.53 bits per heavy atom. The van der Waals surface area contributed by atoms with Gasteiger partial charge in [-0.05, 0) is 86.2 Å². The van der Waals surface area contributed by atoms with E-state index in [1.807, 2.05) is 19.9 Å². The highest BCUT2D eigenvalue weighted by Crippen LogP contribution is 2.38. The zero-order chi connectivity index (χ0) is 24.0. The van der Waals surface area contributed by atoms with Crippen LogP contribution in [0.5, 0.6) is 5.75 Å². The van der Waals surface area contributed by atoms with Gasteiger partial charge in [-0.2, -0.15) is 0 Å². The highest BCUT2D eigenvalue weighted by atomic mass is 32.1. The predicted octanol–water partition coefficient (Wildman–Crippen LogP) is 6.88. The van der Waals surface area contributed by atoms with E-state index in [4.69, 9.17) is 4.74 Å². The number of nitrogens with zero attached hydrogens (tertiary/aromatic N) is 2. The molecule has 2 aromatic carbocycles. The van der Waals surface area contributed by atoms with Crippen molar-refractivity contribution in [1.82, 2.24) is 15.0 Å². The number of methoxy groups -OCH3 is 1. The zero-order valence-corrected chi connectivity index (χ0v) is 20.8. The van der Waals surface area contributed by atoms with Crippen LogP contribution in [0.15, 0.2) is 36.7 Å². The number of rotatable bonds is 6. The predicted molar refractivity (Wildman–Crippen MR) is 139 cm³/mol. The maximum absolute atomic E-state index is 14.3. The summed E-state index contributed by atoms with van der Waals surface area (Å²) in [7, 11) is 1.71. The number of thiophene rings is 1. The molecule has 0 saturated heterocycles. The number of benzene rings is 2. The van der Waals surface area contributed by atoms with Gasteiger partial charge in [0.25, 0.3) is 0 Å². The van der Waals surface area contributed by atoms with Crippen molar-refractivity contribution < 1.29 is 9.13 Å². The van der Waals surface area contributed by atoms with Gasteiger partial charge >= 0.3 is 0 Å². The van der Waals surface area contributed by atoms with Gasteiger partial charge in [-0.3, -0.25) is 0 Å². The van der Waals surface area contributed by atoms with Crippen LogP contribution in [0.25, 0.3) is 31.6 Å². The fourth-order valence-electron chi connectivity index (χ4n) is 4.80. The van der Waals surface area contributed by atoms with Crippen LogP contribution in [0, 0.1) is 33.5 Å².